The summed E-state index contributed by atoms with van der Waals surface area (Å²) in [6.07, 6.45) is 4.55. The van der Waals surface area contributed by atoms with E-state index in [0.29, 0.717) is 6.42 Å². The third kappa shape index (κ3) is 3.84. The highest BCUT2D eigenvalue weighted by molar-refractivity contribution is 5.72. The van der Waals surface area contributed by atoms with E-state index in [4.69, 9.17) is 9.84 Å². The van der Waals surface area contributed by atoms with Crippen molar-refractivity contribution >= 4 is 17.5 Å². The highest BCUT2D eigenvalue weighted by atomic mass is 16.5. The average Bonchev–Trinajstić information content (AvgIpc) is 2.60. The molecule has 3 rings (SSSR count). The van der Waals surface area contributed by atoms with Crippen LogP contribution in [0.2, 0.25) is 0 Å². The fraction of sp³-hybridized carbons (Fsp3) is 0.150. The summed E-state index contributed by atoms with van der Waals surface area (Å²) in [6, 6.07) is 17.8. The average molecular weight is 321 g/mol. The molecule has 2 aromatic carbocycles. The first-order valence-corrected chi connectivity index (χ1v) is 7.82. The molecule has 0 fully saturated rings. The van der Waals surface area contributed by atoms with E-state index in [-0.39, 0.29) is 6.42 Å². The van der Waals surface area contributed by atoms with E-state index in [9.17, 15) is 4.79 Å². The minimum atomic E-state index is -0.781. The summed E-state index contributed by atoms with van der Waals surface area (Å²) in [4.78, 5) is 12.6. The molecule has 0 aliphatic carbocycles. The Bertz CT molecular complexity index is 776. The summed E-state index contributed by atoms with van der Waals surface area (Å²) in [5, 5.41) is 8.76. The topological polar surface area (TPSA) is 49.8 Å². The second-order valence-electron chi connectivity index (χ2n) is 5.71. The van der Waals surface area contributed by atoms with Crippen LogP contribution in [0.1, 0.15) is 23.1 Å². The van der Waals surface area contributed by atoms with Crippen LogP contribution in [0.15, 0.2) is 67.0 Å². The smallest absolute Gasteiger partial charge is 0.303 e. The Hall–Kier alpha value is -3.01. The normalized spacial score (nSPS) is 13.8. The number of ether oxygens (including phenoxy) is 1. The van der Waals surface area contributed by atoms with Gasteiger partial charge in [-0.05, 0) is 12.0 Å². The molecule has 24 heavy (non-hydrogen) atoms. The lowest BCUT2D eigenvalue weighted by atomic mass is 10.1. The maximum Gasteiger partial charge on any atom is 0.303 e. The number of carboxylic acid groups (broad SMARTS) is 1. The molecule has 0 bridgehead atoms. The Labute approximate surface area is 141 Å². The number of benzene rings is 2. The second-order valence-corrected chi connectivity index (χ2v) is 5.71. The highest BCUT2D eigenvalue weighted by Gasteiger charge is 2.15. The lowest BCUT2D eigenvalue weighted by Gasteiger charge is -2.23. The molecule has 1 heterocycles. The van der Waals surface area contributed by atoms with E-state index in [0.717, 1.165) is 28.2 Å². The van der Waals surface area contributed by atoms with Gasteiger partial charge < -0.3 is 14.7 Å². The molecular weight excluding hydrogens is 302 g/mol. The van der Waals surface area contributed by atoms with Crippen LogP contribution in [0, 0.1) is 0 Å². The van der Waals surface area contributed by atoms with Gasteiger partial charge in [0.05, 0.1) is 0 Å². The Kier molecular flexibility index (Phi) is 4.66. The fourth-order valence-corrected chi connectivity index (χ4v) is 2.53. The minimum absolute atomic E-state index is 0.141. The van der Waals surface area contributed by atoms with E-state index < -0.39 is 5.97 Å². The van der Waals surface area contributed by atoms with E-state index in [2.05, 4.69) is 0 Å². The zero-order valence-corrected chi connectivity index (χ0v) is 13.5. The summed E-state index contributed by atoms with van der Waals surface area (Å²) in [6.45, 7) is 0. The molecule has 1 aliphatic rings. The Balaban J connectivity index is 1.76. The van der Waals surface area contributed by atoms with Crippen molar-refractivity contribution in [2.75, 3.05) is 7.05 Å². The maximum atomic E-state index is 10.7. The number of aryl methyl sites for hydroxylation is 1. The summed E-state index contributed by atoms with van der Waals surface area (Å²) in [7, 11) is 1.96. The van der Waals surface area contributed by atoms with Crippen LogP contribution in [0.5, 0.6) is 0 Å². The molecule has 0 amide bonds. The molecule has 0 atom stereocenters. The van der Waals surface area contributed by atoms with Gasteiger partial charge in [-0.25, -0.2) is 0 Å². The maximum absolute atomic E-state index is 10.7. The van der Waals surface area contributed by atoms with E-state index in [1.165, 1.54) is 0 Å². The van der Waals surface area contributed by atoms with Gasteiger partial charge in [-0.2, -0.15) is 0 Å². The number of nitrogens with zero attached hydrogens (tertiary/aromatic N) is 1. The Morgan fingerprint density at radius 1 is 0.958 bits per heavy atom. The number of hydrogen-bond donors (Lipinski definition) is 1. The first-order valence-electron chi connectivity index (χ1n) is 7.82. The molecule has 0 radical (unpaired) electrons. The summed E-state index contributed by atoms with van der Waals surface area (Å²) >= 11 is 0. The van der Waals surface area contributed by atoms with E-state index >= 15 is 0 Å². The van der Waals surface area contributed by atoms with Crippen molar-refractivity contribution in [1.82, 2.24) is 4.90 Å². The SMILES string of the molecule is CN1C=C(c2ccccc2)OC(c2ccc(CCC(=O)O)cc2)=C1. The van der Waals surface area contributed by atoms with Crippen LogP contribution < -0.4 is 0 Å². The van der Waals surface area contributed by atoms with Gasteiger partial charge in [-0.1, -0.05) is 54.6 Å². The number of carbonyl (C=O) groups is 1. The summed E-state index contributed by atoms with van der Waals surface area (Å²) < 4.78 is 6.05. The molecule has 4 nitrogen and oxygen atoms in total. The Morgan fingerprint density at radius 3 is 2.12 bits per heavy atom. The van der Waals surface area contributed by atoms with Gasteiger partial charge in [0.2, 0.25) is 0 Å². The zero-order chi connectivity index (χ0) is 16.9. The number of rotatable bonds is 5. The van der Waals surface area contributed by atoms with Crippen molar-refractivity contribution in [2.45, 2.75) is 12.8 Å². The molecule has 0 unspecified atom stereocenters. The summed E-state index contributed by atoms with van der Waals surface area (Å²) in [5.74, 6) is 0.783. The van der Waals surface area contributed by atoms with E-state index in [1.54, 1.807) is 0 Å². The summed E-state index contributed by atoms with van der Waals surface area (Å²) in [5.41, 5.74) is 2.99. The minimum Gasteiger partial charge on any atom is -0.481 e. The highest BCUT2D eigenvalue weighted by Crippen LogP contribution is 2.29. The zero-order valence-electron chi connectivity index (χ0n) is 13.5. The number of aliphatic carboxylic acids is 1. The van der Waals surface area contributed by atoms with Crippen molar-refractivity contribution in [3.63, 3.8) is 0 Å². The van der Waals surface area contributed by atoms with Gasteiger partial charge in [0.25, 0.3) is 0 Å². The predicted molar refractivity (Wildman–Crippen MR) is 93.6 cm³/mol. The first-order chi connectivity index (χ1) is 11.6. The quantitative estimate of drug-likeness (QED) is 0.905. The third-order valence-electron chi connectivity index (χ3n) is 3.79. The molecule has 0 saturated heterocycles. The van der Waals surface area contributed by atoms with Gasteiger partial charge in [0.1, 0.15) is 0 Å². The van der Waals surface area contributed by atoms with Gasteiger partial charge in [0.15, 0.2) is 11.5 Å². The van der Waals surface area contributed by atoms with Crippen LogP contribution >= 0.6 is 0 Å². The van der Waals surface area contributed by atoms with Crippen molar-refractivity contribution in [3.05, 3.63) is 83.7 Å². The number of hydrogen-bond acceptors (Lipinski definition) is 3. The fourth-order valence-electron chi connectivity index (χ4n) is 2.53. The molecule has 0 aromatic heterocycles. The van der Waals surface area contributed by atoms with Gasteiger partial charge in [0, 0.05) is 37.0 Å². The lowest BCUT2D eigenvalue weighted by molar-refractivity contribution is -0.136. The molecule has 1 N–H and O–H groups in total. The monoisotopic (exact) mass is 321 g/mol. The van der Waals surface area contributed by atoms with Crippen molar-refractivity contribution in [2.24, 2.45) is 0 Å². The van der Waals surface area contributed by atoms with Gasteiger partial charge in [-0.3, -0.25) is 4.79 Å². The lowest BCUT2D eigenvalue weighted by Crippen LogP contribution is -2.11. The molecule has 0 saturated carbocycles. The molecule has 1 aliphatic heterocycles. The molecule has 2 aromatic rings. The van der Waals surface area contributed by atoms with Crippen LogP contribution in [-0.4, -0.2) is 23.0 Å². The molecule has 0 spiro atoms. The van der Waals surface area contributed by atoms with Crippen LogP contribution in [0.3, 0.4) is 0 Å². The standard InChI is InChI=1S/C20H19NO3/c1-21-13-18(16-5-3-2-4-6-16)24-19(14-21)17-10-7-15(8-11-17)9-12-20(22)23/h2-8,10-11,13-14H,9,12H2,1H3,(H,22,23). The van der Waals surface area contributed by atoms with Gasteiger partial charge in [-0.15, -0.1) is 0 Å². The van der Waals surface area contributed by atoms with E-state index in [1.807, 2.05) is 78.9 Å². The van der Waals surface area contributed by atoms with Crippen LogP contribution in [0.25, 0.3) is 11.5 Å². The predicted octanol–water partition coefficient (Wildman–Crippen LogP) is 3.96. The van der Waals surface area contributed by atoms with Gasteiger partial charge >= 0.3 is 5.97 Å². The Morgan fingerprint density at radius 2 is 1.54 bits per heavy atom. The molecule has 122 valence electrons. The third-order valence-corrected chi connectivity index (χ3v) is 3.79. The largest absolute Gasteiger partial charge is 0.481 e. The van der Waals surface area contributed by atoms with Crippen LogP contribution in [0.4, 0.5) is 0 Å². The first kappa shape index (κ1) is 15.9. The van der Waals surface area contributed by atoms with Crippen molar-refractivity contribution < 1.29 is 14.6 Å². The number of carboxylic acids is 1. The molecule has 4 heteroatoms. The second kappa shape index (κ2) is 7.04. The molecular formula is C20H19NO3. The van der Waals surface area contributed by atoms with Crippen molar-refractivity contribution in [3.8, 4) is 0 Å². The van der Waals surface area contributed by atoms with Crippen molar-refractivity contribution in [1.29, 1.82) is 0 Å². The van der Waals surface area contributed by atoms with Crippen LogP contribution in [-0.2, 0) is 16.0 Å².